The van der Waals surface area contributed by atoms with Crippen molar-refractivity contribution in [3.05, 3.63) is 28.8 Å². The van der Waals surface area contributed by atoms with Gasteiger partial charge in [-0.25, -0.2) is 0 Å². The Morgan fingerprint density at radius 3 is 2.44 bits per heavy atom. The third-order valence-electron chi connectivity index (χ3n) is 2.49. The molecule has 0 aliphatic heterocycles. The van der Waals surface area contributed by atoms with Crippen LogP contribution in [-0.2, 0) is 0 Å². The van der Waals surface area contributed by atoms with E-state index in [1.165, 1.54) is 0 Å². The summed E-state index contributed by atoms with van der Waals surface area (Å²) >= 11 is 5.99. The van der Waals surface area contributed by atoms with Gasteiger partial charge in [0.25, 0.3) is 0 Å². The molecule has 0 bridgehead atoms. The lowest BCUT2D eigenvalue weighted by Gasteiger charge is -2.18. The molecule has 0 aromatic heterocycles. The quantitative estimate of drug-likeness (QED) is 0.628. The van der Waals surface area contributed by atoms with E-state index in [0.717, 1.165) is 0 Å². The number of nitrogen functional groups attached to an aromatic ring is 1. The van der Waals surface area contributed by atoms with Crippen molar-refractivity contribution in [3.63, 3.8) is 0 Å². The van der Waals surface area contributed by atoms with Crippen molar-refractivity contribution in [3.8, 4) is 5.75 Å². The minimum atomic E-state index is -0.0338. The fourth-order valence-electron chi connectivity index (χ4n) is 1.14. The Morgan fingerprint density at radius 2 is 2.00 bits per heavy atom. The predicted octanol–water partition coefficient (Wildman–Crippen LogP) is 3.05. The summed E-state index contributed by atoms with van der Waals surface area (Å²) in [6, 6.07) is 5.17. The van der Waals surface area contributed by atoms with Crippen LogP contribution in [0.1, 0.15) is 26.3 Å². The normalized spacial score (nSPS) is 12.6. The Kier molecular flexibility index (Phi) is 4.19. The molecule has 16 heavy (non-hydrogen) atoms. The molecule has 1 rings (SSSR count). The third kappa shape index (κ3) is 3.14. The largest absolute Gasteiger partial charge is 0.490 e. The van der Waals surface area contributed by atoms with Crippen molar-refractivity contribution in [2.24, 2.45) is 11.7 Å². The van der Waals surface area contributed by atoms with E-state index in [0.29, 0.717) is 22.3 Å². The average molecular weight is 241 g/mol. The number of hydrogen-bond acceptors (Lipinski definition) is 2. The number of hydrogen-bond donors (Lipinski definition) is 2. The van der Waals surface area contributed by atoms with Gasteiger partial charge in [0.05, 0.1) is 11.1 Å². The zero-order valence-electron chi connectivity index (χ0n) is 9.75. The van der Waals surface area contributed by atoms with E-state index >= 15 is 0 Å². The molecule has 0 saturated carbocycles. The molecule has 0 amide bonds. The Morgan fingerprint density at radius 1 is 1.38 bits per heavy atom. The first-order valence-electron chi connectivity index (χ1n) is 5.22. The number of nitrogens with two attached hydrogens (primary N) is 1. The molecule has 0 heterocycles. The molecule has 3 nitrogen and oxygen atoms in total. The molecule has 88 valence electrons. The Balaban J connectivity index is 2.85. The summed E-state index contributed by atoms with van der Waals surface area (Å²) in [4.78, 5) is 0. The van der Waals surface area contributed by atoms with Crippen LogP contribution in [0.2, 0.25) is 5.02 Å². The highest BCUT2D eigenvalue weighted by Crippen LogP contribution is 2.24. The maximum atomic E-state index is 7.31. The average Bonchev–Trinajstić information content (AvgIpc) is 2.16. The van der Waals surface area contributed by atoms with Gasteiger partial charge in [0.2, 0.25) is 0 Å². The summed E-state index contributed by atoms with van der Waals surface area (Å²) < 4.78 is 5.70. The summed E-state index contributed by atoms with van der Waals surface area (Å²) in [7, 11) is 0. The maximum Gasteiger partial charge on any atom is 0.124 e. The first-order valence-corrected chi connectivity index (χ1v) is 5.60. The number of ether oxygens (including phenoxy) is 1. The molecule has 0 aliphatic rings. The lowest BCUT2D eigenvalue weighted by Crippen LogP contribution is -2.19. The Hall–Kier alpha value is -1.22. The van der Waals surface area contributed by atoms with E-state index in [1.807, 2.05) is 6.92 Å². The van der Waals surface area contributed by atoms with Crippen molar-refractivity contribution < 1.29 is 4.74 Å². The summed E-state index contributed by atoms with van der Waals surface area (Å²) in [5.41, 5.74) is 5.91. The van der Waals surface area contributed by atoms with Gasteiger partial charge in [0.15, 0.2) is 0 Å². The molecule has 1 unspecified atom stereocenters. The number of halogens is 1. The highest BCUT2D eigenvalue weighted by molar-refractivity contribution is 6.34. The lowest BCUT2D eigenvalue weighted by molar-refractivity contribution is 0.170. The fraction of sp³-hybridized carbons (Fsp3) is 0.417. The van der Waals surface area contributed by atoms with Crippen molar-refractivity contribution >= 4 is 17.4 Å². The molecular weight excluding hydrogens is 224 g/mol. The van der Waals surface area contributed by atoms with E-state index in [-0.39, 0.29) is 11.9 Å². The molecule has 1 aromatic rings. The smallest absolute Gasteiger partial charge is 0.124 e. The van der Waals surface area contributed by atoms with E-state index in [9.17, 15) is 0 Å². The first-order chi connectivity index (χ1) is 7.41. The molecule has 1 aromatic carbocycles. The molecule has 3 N–H and O–H groups in total. The topological polar surface area (TPSA) is 59.1 Å². The van der Waals surface area contributed by atoms with Crippen LogP contribution in [0.15, 0.2) is 18.2 Å². The summed E-state index contributed by atoms with van der Waals surface area (Å²) in [6.45, 7) is 6.20. The molecular formula is C12H17ClN2O. The van der Waals surface area contributed by atoms with Crippen molar-refractivity contribution in [1.29, 1.82) is 5.41 Å². The zero-order chi connectivity index (χ0) is 12.3. The van der Waals surface area contributed by atoms with E-state index in [4.69, 9.17) is 27.5 Å². The second-order valence-electron chi connectivity index (χ2n) is 4.12. The third-order valence-corrected chi connectivity index (χ3v) is 2.80. The predicted molar refractivity (Wildman–Crippen MR) is 67.4 cm³/mol. The van der Waals surface area contributed by atoms with E-state index < -0.39 is 0 Å². The van der Waals surface area contributed by atoms with Gasteiger partial charge in [-0.3, -0.25) is 5.41 Å². The number of benzene rings is 1. The fourth-order valence-corrected chi connectivity index (χ4v) is 1.41. The SMILES string of the molecule is CC(C)C(C)Oc1ccc(C(=N)N)c(Cl)c1. The minimum absolute atomic E-state index is 0.0338. The van der Waals surface area contributed by atoms with Gasteiger partial charge in [-0.1, -0.05) is 25.4 Å². The Bertz CT molecular complexity index is 391. The molecule has 0 radical (unpaired) electrons. The minimum Gasteiger partial charge on any atom is -0.490 e. The van der Waals surface area contributed by atoms with Crippen molar-refractivity contribution in [1.82, 2.24) is 0 Å². The number of amidine groups is 1. The van der Waals surface area contributed by atoms with E-state index in [1.54, 1.807) is 18.2 Å². The second kappa shape index (κ2) is 5.21. The zero-order valence-corrected chi connectivity index (χ0v) is 10.5. The molecule has 0 spiro atoms. The van der Waals surface area contributed by atoms with Gasteiger partial charge in [-0.2, -0.15) is 0 Å². The maximum absolute atomic E-state index is 7.31. The van der Waals surface area contributed by atoms with Crippen LogP contribution in [0, 0.1) is 11.3 Å². The highest BCUT2D eigenvalue weighted by Gasteiger charge is 2.10. The van der Waals surface area contributed by atoms with Gasteiger partial charge >= 0.3 is 0 Å². The van der Waals surface area contributed by atoms with Crippen LogP contribution in [0.5, 0.6) is 5.75 Å². The van der Waals surface area contributed by atoms with Crippen LogP contribution in [0.3, 0.4) is 0 Å². The van der Waals surface area contributed by atoms with Crippen LogP contribution >= 0.6 is 11.6 Å². The monoisotopic (exact) mass is 240 g/mol. The van der Waals surface area contributed by atoms with Gasteiger partial charge < -0.3 is 10.5 Å². The number of rotatable bonds is 4. The molecule has 0 fully saturated rings. The molecule has 0 saturated heterocycles. The highest BCUT2D eigenvalue weighted by atomic mass is 35.5. The molecule has 4 heteroatoms. The second-order valence-corrected chi connectivity index (χ2v) is 4.53. The van der Waals surface area contributed by atoms with Gasteiger partial charge in [-0.15, -0.1) is 0 Å². The summed E-state index contributed by atoms with van der Waals surface area (Å²) in [5, 5.41) is 7.75. The van der Waals surface area contributed by atoms with E-state index in [2.05, 4.69) is 13.8 Å². The summed E-state index contributed by atoms with van der Waals surface area (Å²) in [6.07, 6.45) is 0.124. The van der Waals surface area contributed by atoms with Gasteiger partial charge in [0.1, 0.15) is 11.6 Å². The Labute approximate surface area is 101 Å². The standard InChI is InChI=1S/C12H17ClN2O/c1-7(2)8(3)16-9-4-5-10(12(14)15)11(13)6-9/h4-8H,1-3H3,(H3,14,15). The molecule has 1 atom stereocenters. The van der Waals surface area contributed by atoms with Crippen LogP contribution in [0.4, 0.5) is 0 Å². The number of nitrogens with one attached hydrogen (secondary N) is 1. The summed E-state index contributed by atoms with van der Waals surface area (Å²) in [5.74, 6) is 1.11. The van der Waals surface area contributed by atoms with Crippen molar-refractivity contribution in [2.75, 3.05) is 0 Å². The first kappa shape index (κ1) is 12.8. The van der Waals surface area contributed by atoms with Crippen LogP contribution < -0.4 is 10.5 Å². The van der Waals surface area contributed by atoms with Gasteiger partial charge in [0, 0.05) is 5.56 Å². The van der Waals surface area contributed by atoms with Crippen LogP contribution in [-0.4, -0.2) is 11.9 Å². The van der Waals surface area contributed by atoms with Gasteiger partial charge in [-0.05, 0) is 31.0 Å². The van der Waals surface area contributed by atoms with Crippen LogP contribution in [0.25, 0.3) is 0 Å². The lowest BCUT2D eigenvalue weighted by atomic mass is 10.1. The van der Waals surface area contributed by atoms with Crippen molar-refractivity contribution in [2.45, 2.75) is 26.9 Å². The molecule has 0 aliphatic carbocycles.